The molecule has 106 valence electrons. The van der Waals surface area contributed by atoms with Crippen molar-refractivity contribution in [1.82, 2.24) is 20.0 Å². The van der Waals surface area contributed by atoms with Gasteiger partial charge in [-0.1, -0.05) is 25.1 Å². The fourth-order valence-electron chi connectivity index (χ4n) is 2.69. The van der Waals surface area contributed by atoms with E-state index in [1.165, 1.54) is 0 Å². The van der Waals surface area contributed by atoms with Crippen LogP contribution >= 0.6 is 0 Å². The van der Waals surface area contributed by atoms with Crippen LogP contribution in [-0.2, 0) is 7.05 Å². The topological polar surface area (TPSA) is 50.2 Å². The van der Waals surface area contributed by atoms with Crippen molar-refractivity contribution in [3.05, 3.63) is 30.0 Å². The highest BCUT2D eigenvalue weighted by atomic mass is 16.2. The lowest BCUT2D eigenvalue weighted by Gasteiger charge is -2.37. The normalized spacial score (nSPS) is 15.3. The molecule has 0 aliphatic carbocycles. The standard InChI is InChI=1S/C15H20N4O/c1-3-8-19(11-9-16-10-11)15(20)14-12-6-4-5-7-13(12)18(2)17-14/h4-7,11,16H,3,8-10H2,1-2H3. The molecule has 2 heterocycles. The highest BCUT2D eigenvalue weighted by molar-refractivity contribution is 6.05. The number of aryl methyl sites for hydroxylation is 1. The lowest BCUT2D eigenvalue weighted by molar-refractivity contribution is 0.0611. The van der Waals surface area contributed by atoms with Crippen molar-refractivity contribution >= 4 is 16.8 Å². The van der Waals surface area contributed by atoms with Gasteiger partial charge in [-0.25, -0.2) is 0 Å². The third-order valence-corrected chi connectivity index (χ3v) is 3.89. The molecule has 1 aliphatic rings. The van der Waals surface area contributed by atoms with Crippen molar-refractivity contribution in [2.75, 3.05) is 19.6 Å². The number of amides is 1. The number of hydrogen-bond acceptors (Lipinski definition) is 3. The Morgan fingerprint density at radius 2 is 2.20 bits per heavy atom. The Morgan fingerprint density at radius 3 is 2.85 bits per heavy atom. The Labute approximate surface area is 118 Å². The van der Waals surface area contributed by atoms with Gasteiger partial charge in [0.2, 0.25) is 0 Å². The van der Waals surface area contributed by atoms with E-state index in [1.54, 1.807) is 4.68 Å². The Kier molecular flexibility index (Phi) is 3.44. The van der Waals surface area contributed by atoms with Gasteiger partial charge in [0.15, 0.2) is 5.69 Å². The molecule has 0 saturated carbocycles. The van der Waals surface area contributed by atoms with Crippen LogP contribution in [0.1, 0.15) is 23.8 Å². The van der Waals surface area contributed by atoms with Crippen molar-refractivity contribution in [3.63, 3.8) is 0 Å². The van der Waals surface area contributed by atoms with E-state index in [-0.39, 0.29) is 5.91 Å². The molecule has 1 aromatic carbocycles. The Balaban J connectivity index is 1.98. The Hall–Kier alpha value is -1.88. The van der Waals surface area contributed by atoms with Gasteiger partial charge in [-0.15, -0.1) is 0 Å². The van der Waals surface area contributed by atoms with E-state index in [9.17, 15) is 4.79 Å². The summed E-state index contributed by atoms with van der Waals surface area (Å²) in [7, 11) is 1.88. The fourth-order valence-corrected chi connectivity index (χ4v) is 2.69. The molecule has 1 N–H and O–H groups in total. The van der Waals surface area contributed by atoms with Gasteiger partial charge in [0.05, 0.1) is 11.6 Å². The van der Waals surface area contributed by atoms with Crippen molar-refractivity contribution in [2.45, 2.75) is 19.4 Å². The van der Waals surface area contributed by atoms with E-state index in [0.29, 0.717) is 11.7 Å². The Bertz CT molecular complexity index is 630. The second-order valence-corrected chi connectivity index (χ2v) is 5.30. The van der Waals surface area contributed by atoms with Crippen LogP contribution in [0.15, 0.2) is 24.3 Å². The first-order valence-electron chi connectivity index (χ1n) is 7.15. The molecule has 0 radical (unpaired) electrons. The number of nitrogens with one attached hydrogen (secondary N) is 1. The Morgan fingerprint density at radius 1 is 1.45 bits per heavy atom. The van der Waals surface area contributed by atoms with Gasteiger partial charge in [-0.2, -0.15) is 5.10 Å². The van der Waals surface area contributed by atoms with Crippen LogP contribution in [0.3, 0.4) is 0 Å². The van der Waals surface area contributed by atoms with Gasteiger partial charge in [-0.05, 0) is 12.5 Å². The summed E-state index contributed by atoms with van der Waals surface area (Å²) in [4.78, 5) is 14.8. The van der Waals surface area contributed by atoms with E-state index >= 15 is 0 Å². The van der Waals surface area contributed by atoms with Crippen LogP contribution in [0, 0.1) is 0 Å². The largest absolute Gasteiger partial charge is 0.332 e. The molecular formula is C15H20N4O. The third kappa shape index (κ3) is 2.08. The SMILES string of the molecule is CCCN(C(=O)c1nn(C)c2ccccc12)C1CNC1. The summed E-state index contributed by atoms with van der Waals surface area (Å²) in [5.74, 6) is 0.0511. The fraction of sp³-hybridized carbons (Fsp3) is 0.467. The number of hydrogen-bond donors (Lipinski definition) is 1. The number of aromatic nitrogens is 2. The monoisotopic (exact) mass is 272 g/mol. The first-order valence-corrected chi connectivity index (χ1v) is 7.15. The number of carbonyl (C=O) groups is 1. The zero-order chi connectivity index (χ0) is 14.1. The zero-order valence-corrected chi connectivity index (χ0v) is 12.0. The van der Waals surface area contributed by atoms with Crippen LogP contribution in [0.4, 0.5) is 0 Å². The number of fused-ring (bicyclic) bond motifs is 1. The molecule has 0 spiro atoms. The molecule has 1 amide bonds. The smallest absolute Gasteiger partial charge is 0.275 e. The maximum absolute atomic E-state index is 12.8. The van der Waals surface area contributed by atoms with Gasteiger partial charge in [0.1, 0.15) is 0 Å². The first kappa shape index (κ1) is 13.1. The number of carbonyl (C=O) groups excluding carboxylic acids is 1. The average molecular weight is 272 g/mol. The summed E-state index contributed by atoms with van der Waals surface area (Å²) >= 11 is 0. The molecular weight excluding hydrogens is 252 g/mol. The molecule has 2 aromatic rings. The maximum Gasteiger partial charge on any atom is 0.275 e. The zero-order valence-electron chi connectivity index (χ0n) is 12.0. The first-order chi connectivity index (χ1) is 9.72. The minimum atomic E-state index is 0.0511. The van der Waals surface area contributed by atoms with Crippen LogP contribution in [0.2, 0.25) is 0 Å². The summed E-state index contributed by atoms with van der Waals surface area (Å²) < 4.78 is 1.78. The molecule has 0 unspecified atom stereocenters. The lowest BCUT2D eigenvalue weighted by Crippen LogP contribution is -2.59. The van der Waals surface area contributed by atoms with E-state index in [2.05, 4.69) is 17.3 Å². The quantitative estimate of drug-likeness (QED) is 0.915. The van der Waals surface area contributed by atoms with Gasteiger partial charge in [0.25, 0.3) is 5.91 Å². The summed E-state index contributed by atoms with van der Waals surface area (Å²) in [6, 6.07) is 8.20. The number of para-hydroxylation sites is 1. The summed E-state index contributed by atoms with van der Waals surface area (Å²) in [5, 5.41) is 8.61. The van der Waals surface area contributed by atoms with Crippen molar-refractivity contribution in [3.8, 4) is 0 Å². The van der Waals surface area contributed by atoms with Gasteiger partial charge in [0, 0.05) is 32.1 Å². The van der Waals surface area contributed by atoms with Gasteiger partial charge >= 0.3 is 0 Å². The molecule has 1 saturated heterocycles. The maximum atomic E-state index is 12.8. The minimum absolute atomic E-state index is 0.0511. The minimum Gasteiger partial charge on any atom is -0.332 e. The van der Waals surface area contributed by atoms with Crippen LogP contribution in [0.5, 0.6) is 0 Å². The molecule has 1 fully saturated rings. The molecule has 3 rings (SSSR count). The van der Waals surface area contributed by atoms with Crippen LogP contribution in [0.25, 0.3) is 10.9 Å². The van der Waals surface area contributed by atoms with Gasteiger partial charge < -0.3 is 10.2 Å². The third-order valence-electron chi connectivity index (χ3n) is 3.89. The van der Waals surface area contributed by atoms with Gasteiger partial charge in [-0.3, -0.25) is 9.48 Å². The van der Waals surface area contributed by atoms with Crippen LogP contribution in [-0.4, -0.2) is 46.3 Å². The molecule has 5 nitrogen and oxygen atoms in total. The van der Waals surface area contributed by atoms with Crippen molar-refractivity contribution < 1.29 is 4.79 Å². The highest BCUT2D eigenvalue weighted by Crippen LogP contribution is 2.20. The second-order valence-electron chi connectivity index (χ2n) is 5.30. The molecule has 1 aliphatic heterocycles. The van der Waals surface area contributed by atoms with E-state index in [4.69, 9.17) is 0 Å². The molecule has 0 bridgehead atoms. The number of nitrogens with zero attached hydrogens (tertiary/aromatic N) is 3. The summed E-state index contributed by atoms with van der Waals surface area (Å²) in [6.07, 6.45) is 0.965. The number of benzene rings is 1. The molecule has 1 aromatic heterocycles. The summed E-state index contributed by atoms with van der Waals surface area (Å²) in [6.45, 7) is 4.66. The second kappa shape index (κ2) is 5.25. The predicted molar refractivity (Wildman–Crippen MR) is 78.7 cm³/mol. The van der Waals surface area contributed by atoms with Crippen LogP contribution < -0.4 is 5.32 Å². The van der Waals surface area contributed by atoms with Crippen molar-refractivity contribution in [1.29, 1.82) is 0 Å². The lowest BCUT2D eigenvalue weighted by atomic mass is 10.1. The van der Waals surface area contributed by atoms with E-state index < -0.39 is 0 Å². The number of rotatable bonds is 4. The van der Waals surface area contributed by atoms with E-state index in [1.807, 2.05) is 36.2 Å². The highest BCUT2D eigenvalue weighted by Gasteiger charge is 2.30. The molecule has 5 heteroatoms. The molecule has 0 atom stereocenters. The average Bonchev–Trinajstić information content (AvgIpc) is 2.74. The van der Waals surface area contributed by atoms with E-state index in [0.717, 1.165) is 37.0 Å². The predicted octanol–water partition coefficient (Wildman–Crippen LogP) is 1.40. The van der Waals surface area contributed by atoms with Crippen molar-refractivity contribution in [2.24, 2.45) is 7.05 Å². The molecule has 20 heavy (non-hydrogen) atoms. The summed E-state index contributed by atoms with van der Waals surface area (Å²) in [5.41, 5.74) is 1.57.